The summed E-state index contributed by atoms with van der Waals surface area (Å²) in [7, 11) is 6.07. The zero-order chi connectivity index (χ0) is 13.2. The van der Waals surface area contributed by atoms with Crippen molar-refractivity contribution in [2.45, 2.75) is 6.42 Å². The smallest absolute Gasteiger partial charge is 0.171 e. The minimum atomic E-state index is -0.0736. The first kappa shape index (κ1) is 14.8. The second-order valence-electron chi connectivity index (χ2n) is 4.91. The summed E-state index contributed by atoms with van der Waals surface area (Å²) in [5, 5.41) is 0.945. The maximum absolute atomic E-state index is 12.0. The van der Waals surface area contributed by atoms with Crippen LogP contribution in [0.4, 0.5) is 0 Å². The third-order valence-electron chi connectivity index (χ3n) is 2.33. The Kier molecular flexibility index (Phi) is 4.85. The summed E-state index contributed by atoms with van der Waals surface area (Å²) in [5.41, 5.74) is 0.328. The number of nitrogens with zero attached hydrogens (tertiary/aromatic N) is 1. The molecule has 0 aromatic heterocycles. The van der Waals surface area contributed by atoms with Gasteiger partial charge in [-0.1, -0.05) is 34.8 Å². The molecule has 17 heavy (non-hydrogen) atoms. The van der Waals surface area contributed by atoms with E-state index in [-0.39, 0.29) is 10.8 Å². The number of hydrogen-bond donors (Lipinski definition) is 0. The van der Waals surface area contributed by atoms with Gasteiger partial charge in [0.2, 0.25) is 0 Å². The standard InChI is InChI=1S/C12H15Cl3NO/c1-16(2,3)7-6-10(17)11-8(13)4-5-9(14)12(11)15/h4-5H,6-7H2,1-3H3/q+1. The van der Waals surface area contributed by atoms with E-state index in [1.807, 2.05) is 21.1 Å². The Morgan fingerprint density at radius 3 is 2.18 bits per heavy atom. The highest BCUT2D eigenvalue weighted by Crippen LogP contribution is 2.32. The van der Waals surface area contributed by atoms with Gasteiger partial charge in [0.25, 0.3) is 0 Å². The second-order valence-corrected chi connectivity index (χ2v) is 6.10. The lowest BCUT2D eigenvalue weighted by atomic mass is 10.1. The van der Waals surface area contributed by atoms with Gasteiger partial charge in [-0.15, -0.1) is 0 Å². The minimum Gasteiger partial charge on any atom is -0.331 e. The zero-order valence-corrected chi connectivity index (χ0v) is 12.3. The maximum Gasteiger partial charge on any atom is 0.171 e. The summed E-state index contributed by atoms with van der Waals surface area (Å²) in [5.74, 6) is -0.0736. The van der Waals surface area contributed by atoms with Crippen molar-refractivity contribution >= 4 is 40.6 Å². The lowest BCUT2D eigenvalue weighted by molar-refractivity contribution is -0.869. The highest BCUT2D eigenvalue weighted by atomic mass is 35.5. The van der Waals surface area contributed by atoms with E-state index in [0.29, 0.717) is 26.5 Å². The summed E-state index contributed by atoms with van der Waals surface area (Å²) in [6, 6.07) is 3.18. The number of benzene rings is 1. The molecular formula is C12H15Cl3NO+. The van der Waals surface area contributed by atoms with Crippen LogP contribution in [0, 0.1) is 0 Å². The Hall–Kier alpha value is -0.280. The molecule has 1 aromatic rings. The molecule has 0 bridgehead atoms. The van der Waals surface area contributed by atoms with Crippen LogP contribution in [0.25, 0.3) is 0 Å². The van der Waals surface area contributed by atoms with Crippen molar-refractivity contribution in [1.82, 2.24) is 0 Å². The van der Waals surface area contributed by atoms with E-state index in [1.54, 1.807) is 12.1 Å². The Morgan fingerprint density at radius 2 is 1.65 bits per heavy atom. The Bertz CT molecular complexity index is 438. The first-order valence-electron chi connectivity index (χ1n) is 5.19. The van der Waals surface area contributed by atoms with E-state index in [0.717, 1.165) is 6.54 Å². The van der Waals surface area contributed by atoms with Crippen LogP contribution in [0.1, 0.15) is 16.8 Å². The second kappa shape index (κ2) is 5.57. The molecule has 0 N–H and O–H groups in total. The first-order chi connectivity index (χ1) is 7.72. The number of halogens is 3. The molecule has 0 saturated heterocycles. The van der Waals surface area contributed by atoms with Gasteiger partial charge in [-0.05, 0) is 12.1 Å². The van der Waals surface area contributed by atoms with E-state index in [1.165, 1.54) is 0 Å². The number of ketones is 1. The molecule has 0 heterocycles. The highest BCUT2D eigenvalue weighted by molar-refractivity contribution is 6.46. The van der Waals surface area contributed by atoms with E-state index >= 15 is 0 Å². The molecule has 5 heteroatoms. The third-order valence-corrected chi connectivity index (χ3v) is 3.45. The number of Topliss-reactive ketones (excluding diaryl/α,β-unsaturated/α-hetero) is 1. The number of hydrogen-bond acceptors (Lipinski definition) is 1. The fourth-order valence-electron chi connectivity index (χ4n) is 1.34. The van der Waals surface area contributed by atoms with E-state index < -0.39 is 0 Å². The van der Waals surface area contributed by atoms with Crippen molar-refractivity contribution in [3.05, 3.63) is 32.8 Å². The molecule has 1 aromatic carbocycles. The van der Waals surface area contributed by atoms with Gasteiger partial charge in [-0.25, -0.2) is 0 Å². The van der Waals surface area contributed by atoms with Gasteiger partial charge in [0.1, 0.15) is 0 Å². The summed E-state index contributed by atoms with van der Waals surface area (Å²) >= 11 is 17.9. The van der Waals surface area contributed by atoms with Crippen molar-refractivity contribution in [2.24, 2.45) is 0 Å². The van der Waals surface area contributed by atoms with Crippen molar-refractivity contribution in [2.75, 3.05) is 27.7 Å². The van der Waals surface area contributed by atoms with Crippen molar-refractivity contribution < 1.29 is 9.28 Å². The molecule has 0 fully saturated rings. The Morgan fingerprint density at radius 1 is 1.12 bits per heavy atom. The Labute approximate surface area is 117 Å². The fraction of sp³-hybridized carbons (Fsp3) is 0.417. The van der Waals surface area contributed by atoms with Crippen LogP contribution >= 0.6 is 34.8 Å². The quantitative estimate of drug-likeness (QED) is 0.467. The summed E-state index contributed by atoms with van der Waals surface area (Å²) in [6.07, 6.45) is 0.392. The van der Waals surface area contributed by atoms with Crippen LogP contribution in [0.3, 0.4) is 0 Å². The predicted octanol–water partition coefficient (Wildman–Crippen LogP) is 3.93. The van der Waals surface area contributed by atoms with Gasteiger partial charge < -0.3 is 4.48 Å². The van der Waals surface area contributed by atoms with Crippen LogP contribution in [0.15, 0.2) is 12.1 Å². The first-order valence-corrected chi connectivity index (χ1v) is 6.33. The molecule has 94 valence electrons. The number of rotatable bonds is 4. The molecule has 2 nitrogen and oxygen atoms in total. The van der Waals surface area contributed by atoms with Crippen molar-refractivity contribution in [1.29, 1.82) is 0 Å². The van der Waals surface area contributed by atoms with Gasteiger partial charge in [-0.2, -0.15) is 0 Å². The molecule has 0 unspecified atom stereocenters. The van der Waals surface area contributed by atoms with E-state index in [9.17, 15) is 4.79 Å². The van der Waals surface area contributed by atoms with Gasteiger partial charge in [0.15, 0.2) is 5.78 Å². The molecule has 1 rings (SSSR count). The Balaban J connectivity index is 2.93. The van der Waals surface area contributed by atoms with Gasteiger partial charge in [0, 0.05) is 0 Å². The van der Waals surface area contributed by atoms with Crippen LogP contribution in [0.2, 0.25) is 15.1 Å². The summed E-state index contributed by atoms with van der Waals surface area (Å²) < 4.78 is 0.710. The van der Waals surface area contributed by atoms with Gasteiger partial charge in [0.05, 0.1) is 54.7 Å². The lowest BCUT2D eigenvalue weighted by Crippen LogP contribution is -2.36. The van der Waals surface area contributed by atoms with Crippen LogP contribution < -0.4 is 0 Å². The molecule has 0 amide bonds. The van der Waals surface area contributed by atoms with Crippen LogP contribution in [0.5, 0.6) is 0 Å². The molecule has 0 aliphatic rings. The van der Waals surface area contributed by atoms with Gasteiger partial charge >= 0.3 is 0 Å². The average Bonchev–Trinajstić information content (AvgIpc) is 2.20. The number of quaternary nitrogens is 1. The van der Waals surface area contributed by atoms with E-state index in [2.05, 4.69) is 0 Å². The number of carbonyl (C=O) groups is 1. The normalized spacial score (nSPS) is 11.6. The lowest BCUT2D eigenvalue weighted by Gasteiger charge is -2.23. The van der Waals surface area contributed by atoms with Crippen molar-refractivity contribution in [3.8, 4) is 0 Å². The molecule has 0 saturated carbocycles. The molecular weight excluding hydrogens is 280 g/mol. The zero-order valence-electron chi connectivity index (χ0n) is 10.1. The largest absolute Gasteiger partial charge is 0.331 e. The summed E-state index contributed by atoms with van der Waals surface area (Å²) in [6.45, 7) is 0.720. The van der Waals surface area contributed by atoms with Crippen LogP contribution in [-0.2, 0) is 0 Å². The minimum absolute atomic E-state index is 0.0736. The van der Waals surface area contributed by atoms with Crippen molar-refractivity contribution in [3.63, 3.8) is 0 Å². The third kappa shape index (κ3) is 4.14. The highest BCUT2D eigenvalue weighted by Gasteiger charge is 2.19. The van der Waals surface area contributed by atoms with Crippen LogP contribution in [-0.4, -0.2) is 38.0 Å². The average molecular weight is 296 g/mol. The molecule has 0 atom stereocenters. The van der Waals surface area contributed by atoms with Gasteiger partial charge in [-0.3, -0.25) is 4.79 Å². The SMILES string of the molecule is C[N+](C)(C)CCC(=O)c1c(Cl)ccc(Cl)c1Cl. The molecule has 0 spiro atoms. The fourth-order valence-corrected chi connectivity index (χ4v) is 2.08. The monoisotopic (exact) mass is 294 g/mol. The molecule has 0 radical (unpaired) electrons. The molecule has 0 aliphatic carbocycles. The predicted molar refractivity (Wildman–Crippen MR) is 73.3 cm³/mol. The number of carbonyl (C=O) groups excluding carboxylic acids is 1. The molecule has 0 aliphatic heterocycles. The topological polar surface area (TPSA) is 17.1 Å². The summed E-state index contributed by atoms with van der Waals surface area (Å²) in [4.78, 5) is 12.0. The van der Waals surface area contributed by atoms with E-state index in [4.69, 9.17) is 34.8 Å². The maximum atomic E-state index is 12.0.